The Bertz CT molecular complexity index is 704. The minimum Gasteiger partial charge on any atom is -0.858 e. The van der Waals surface area contributed by atoms with Crippen LogP contribution in [0.5, 0.6) is 5.88 Å². The van der Waals surface area contributed by atoms with E-state index >= 15 is 0 Å². The summed E-state index contributed by atoms with van der Waals surface area (Å²) >= 11 is 4.24. The molecule has 0 aliphatic rings. The van der Waals surface area contributed by atoms with Crippen molar-refractivity contribution in [2.45, 2.75) is 20.3 Å². The molecule has 0 saturated heterocycles. The molecule has 0 aliphatic heterocycles. The summed E-state index contributed by atoms with van der Waals surface area (Å²) in [5.74, 6) is -0.583. The SMILES string of the molecule is C=C/C=C(\S)c1cc(-c2ccoc2)c(C#N)c([O-])n1.CCC.[K+]. The van der Waals surface area contributed by atoms with Gasteiger partial charge in [-0.3, -0.25) is 4.98 Å². The molecular formula is C17H17KN2O2S. The minimum absolute atomic E-state index is 0. The number of nitrogens with zero attached hydrogens (tertiary/aromatic N) is 2. The molecule has 2 aromatic rings. The quantitative estimate of drug-likeness (QED) is 0.511. The van der Waals surface area contributed by atoms with Crippen molar-refractivity contribution in [3.05, 3.63) is 54.6 Å². The van der Waals surface area contributed by atoms with E-state index < -0.39 is 5.88 Å². The standard InChI is InChI=1S/C14H10N2O2S.C3H8.K/c1-2-3-13(19)12-6-10(9-4-5-18-8-9)11(7-15)14(17)16-12;1-3-2;/h2-6,8,19H,1H2,(H,16,17);3H2,1-2H3;/q;;+1/p-1/b13-3-;;. The number of thiol groups is 1. The van der Waals surface area contributed by atoms with Crippen molar-refractivity contribution in [1.29, 1.82) is 5.26 Å². The monoisotopic (exact) mass is 352 g/mol. The summed E-state index contributed by atoms with van der Waals surface area (Å²) in [6, 6.07) is 5.18. The minimum atomic E-state index is -0.583. The van der Waals surface area contributed by atoms with Gasteiger partial charge in [-0.1, -0.05) is 32.9 Å². The summed E-state index contributed by atoms with van der Waals surface area (Å²) in [6.45, 7) is 7.81. The van der Waals surface area contributed by atoms with Crippen LogP contribution in [0.3, 0.4) is 0 Å². The van der Waals surface area contributed by atoms with E-state index in [1.54, 1.807) is 24.3 Å². The Morgan fingerprint density at radius 3 is 2.65 bits per heavy atom. The van der Waals surface area contributed by atoms with Crippen LogP contribution in [0.2, 0.25) is 0 Å². The summed E-state index contributed by atoms with van der Waals surface area (Å²) in [5.41, 5.74) is 1.51. The fourth-order valence-electron chi connectivity index (χ4n) is 1.60. The van der Waals surface area contributed by atoms with Crippen LogP contribution in [0, 0.1) is 11.3 Å². The van der Waals surface area contributed by atoms with Crippen LogP contribution in [-0.4, -0.2) is 4.98 Å². The molecule has 0 bridgehead atoms. The van der Waals surface area contributed by atoms with Gasteiger partial charge in [-0.2, -0.15) is 5.26 Å². The molecule has 0 unspecified atom stereocenters. The number of pyridine rings is 1. The first-order valence-electron chi connectivity index (χ1n) is 6.75. The van der Waals surface area contributed by atoms with E-state index in [1.807, 2.05) is 6.07 Å². The van der Waals surface area contributed by atoms with Crippen LogP contribution in [-0.2, 0) is 0 Å². The fraction of sp³-hybridized carbons (Fsp3) is 0.176. The van der Waals surface area contributed by atoms with Gasteiger partial charge in [-0.15, -0.1) is 12.6 Å². The largest absolute Gasteiger partial charge is 1.00 e. The van der Waals surface area contributed by atoms with E-state index in [1.165, 1.54) is 18.9 Å². The van der Waals surface area contributed by atoms with Crippen molar-refractivity contribution in [1.82, 2.24) is 4.98 Å². The Morgan fingerprint density at radius 2 is 2.17 bits per heavy atom. The van der Waals surface area contributed by atoms with Crippen molar-refractivity contribution in [3.8, 4) is 23.1 Å². The first-order chi connectivity index (χ1) is 10.6. The van der Waals surface area contributed by atoms with Gasteiger partial charge in [-0.05, 0) is 18.2 Å². The van der Waals surface area contributed by atoms with Crippen LogP contribution < -0.4 is 56.5 Å². The summed E-state index contributed by atoms with van der Waals surface area (Å²) < 4.78 is 4.97. The maximum atomic E-state index is 11.8. The topological polar surface area (TPSA) is 72.9 Å². The van der Waals surface area contributed by atoms with E-state index in [0.717, 1.165) is 0 Å². The number of allylic oxidation sites excluding steroid dienone is 2. The zero-order valence-corrected chi connectivity index (χ0v) is 17.6. The number of aromatic nitrogens is 1. The molecule has 114 valence electrons. The molecule has 6 heteroatoms. The third-order valence-corrected chi connectivity index (χ3v) is 2.85. The summed E-state index contributed by atoms with van der Waals surface area (Å²) in [5, 5.41) is 20.9. The molecule has 23 heavy (non-hydrogen) atoms. The molecule has 2 heterocycles. The molecule has 0 N–H and O–H groups in total. The van der Waals surface area contributed by atoms with Gasteiger partial charge in [0.1, 0.15) is 6.07 Å². The van der Waals surface area contributed by atoms with Crippen molar-refractivity contribution in [2.24, 2.45) is 0 Å². The second-order valence-corrected chi connectivity index (χ2v) is 4.84. The number of rotatable bonds is 3. The normalized spacial score (nSPS) is 9.91. The third-order valence-electron chi connectivity index (χ3n) is 2.47. The number of hydrogen-bond acceptors (Lipinski definition) is 5. The first-order valence-corrected chi connectivity index (χ1v) is 7.20. The predicted molar refractivity (Wildman–Crippen MR) is 89.2 cm³/mol. The Balaban J connectivity index is 0.00000112. The van der Waals surface area contributed by atoms with E-state index in [-0.39, 0.29) is 56.9 Å². The molecule has 0 atom stereocenters. The molecular weight excluding hydrogens is 335 g/mol. The second-order valence-electron chi connectivity index (χ2n) is 4.35. The molecule has 0 aromatic carbocycles. The van der Waals surface area contributed by atoms with Crippen LogP contribution in [0.1, 0.15) is 31.5 Å². The van der Waals surface area contributed by atoms with Crippen molar-refractivity contribution < 1.29 is 60.9 Å². The van der Waals surface area contributed by atoms with E-state index in [4.69, 9.17) is 9.68 Å². The van der Waals surface area contributed by atoms with Crippen LogP contribution in [0.25, 0.3) is 16.0 Å². The Hall–Kier alpha value is -0.814. The van der Waals surface area contributed by atoms with Gasteiger partial charge in [0, 0.05) is 21.9 Å². The van der Waals surface area contributed by atoms with Gasteiger partial charge >= 0.3 is 51.4 Å². The summed E-state index contributed by atoms with van der Waals surface area (Å²) in [4.78, 5) is 4.33. The zero-order valence-electron chi connectivity index (χ0n) is 13.5. The van der Waals surface area contributed by atoms with E-state index in [2.05, 4.69) is 38.0 Å². The number of furan rings is 1. The molecule has 2 aromatic heterocycles. The molecule has 0 aliphatic carbocycles. The Morgan fingerprint density at radius 1 is 1.52 bits per heavy atom. The molecule has 2 rings (SSSR count). The fourth-order valence-corrected chi connectivity index (χ4v) is 1.82. The predicted octanol–water partition coefficient (Wildman–Crippen LogP) is 1.16. The second kappa shape index (κ2) is 11.7. The van der Waals surface area contributed by atoms with Crippen molar-refractivity contribution in [2.75, 3.05) is 0 Å². The van der Waals surface area contributed by atoms with Gasteiger partial charge in [0.2, 0.25) is 0 Å². The Labute approximate surface area is 184 Å². The van der Waals surface area contributed by atoms with Gasteiger partial charge in [-0.25, -0.2) is 0 Å². The third kappa shape index (κ3) is 6.30. The molecule has 0 saturated carbocycles. The van der Waals surface area contributed by atoms with Gasteiger partial charge in [0.05, 0.1) is 23.8 Å². The zero-order chi connectivity index (χ0) is 16.5. The molecule has 0 radical (unpaired) electrons. The maximum absolute atomic E-state index is 11.8. The summed E-state index contributed by atoms with van der Waals surface area (Å²) in [6.07, 6.45) is 7.36. The van der Waals surface area contributed by atoms with Crippen molar-refractivity contribution >= 4 is 17.5 Å². The molecule has 0 amide bonds. The average Bonchev–Trinajstić information content (AvgIpc) is 3.01. The van der Waals surface area contributed by atoms with Gasteiger partial charge < -0.3 is 9.52 Å². The number of nitriles is 1. The molecule has 0 spiro atoms. The Kier molecular flexibility index (Phi) is 11.3. The van der Waals surface area contributed by atoms with Crippen LogP contribution in [0.15, 0.2) is 47.8 Å². The molecule has 4 nitrogen and oxygen atoms in total. The number of hydrogen-bond donors (Lipinski definition) is 1. The average molecular weight is 353 g/mol. The van der Waals surface area contributed by atoms with Gasteiger partial charge in [0.15, 0.2) is 0 Å². The van der Waals surface area contributed by atoms with Crippen LogP contribution in [0.4, 0.5) is 0 Å². The molecule has 0 fully saturated rings. The first kappa shape index (κ1) is 22.2. The summed E-state index contributed by atoms with van der Waals surface area (Å²) in [7, 11) is 0. The van der Waals surface area contributed by atoms with Gasteiger partial charge in [0.25, 0.3) is 0 Å². The smallest absolute Gasteiger partial charge is 0.858 e. The van der Waals surface area contributed by atoms with E-state index in [9.17, 15) is 5.11 Å². The van der Waals surface area contributed by atoms with Crippen LogP contribution >= 0.6 is 12.6 Å². The maximum Gasteiger partial charge on any atom is 1.00 e. The van der Waals surface area contributed by atoms with Crippen molar-refractivity contribution in [3.63, 3.8) is 0 Å². The van der Waals surface area contributed by atoms with E-state index in [0.29, 0.717) is 21.7 Å².